The second-order valence-corrected chi connectivity index (χ2v) is 4.76. The van der Waals surface area contributed by atoms with Crippen LogP contribution in [0.15, 0.2) is 18.3 Å². The third-order valence-electron chi connectivity index (χ3n) is 3.47. The first-order valence-electron chi connectivity index (χ1n) is 6.45. The molecule has 1 saturated carbocycles. The van der Waals surface area contributed by atoms with E-state index < -0.39 is 0 Å². The molecule has 1 N–H and O–H groups in total. The fourth-order valence-corrected chi connectivity index (χ4v) is 2.48. The molecule has 17 heavy (non-hydrogen) atoms. The molecule has 1 aromatic rings. The van der Waals surface area contributed by atoms with Gasteiger partial charge in [-0.1, -0.05) is 25.3 Å². The van der Waals surface area contributed by atoms with Crippen molar-refractivity contribution < 1.29 is 0 Å². The number of hydrogen-bond donors (Lipinski definition) is 1. The average molecular weight is 229 g/mol. The lowest BCUT2D eigenvalue weighted by Gasteiger charge is -2.21. The van der Waals surface area contributed by atoms with Crippen molar-refractivity contribution in [3.05, 3.63) is 29.6 Å². The van der Waals surface area contributed by atoms with Gasteiger partial charge in [0.25, 0.3) is 0 Å². The Morgan fingerprint density at radius 1 is 1.35 bits per heavy atom. The van der Waals surface area contributed by atoms with E-state index in [1.54, 1.807) is 6.20 Å². The summed E-state index contributed by atoms with van der Waals surface area (Å²) in [4.78, 5) is 4.06. The molecule has 2 rings (SSSR count). The van der Waals surface area contributed by atoms with Gasteiger partial charge in [-0.25, -0.2) is 4.98 Å². The smallest absolute Gasteiger partial charge is 0.144 e. The van der Waals surface area contributed by atoms with Gasteiger partial charge in [0.05, 0.1) is 0 Å². The first-order chi connectivity index (χ1) is 8.40. The van der Waals surface area contributed by atoms with Crippen molar-refractivity contribution in [3.8, 4) is 6.07 Å². The van der Waals surface area contributed by atoms with Gasteiger partial charge in [0, 0.05) is 18.3 Å². The minimum Gasteiger partial charge on any atom is -0.312 e. The predicted molar refractivity (Wildman–Crippen MR) is 67.2 cm³/mol. The molecule has 3 nitrogen and oxygen atoms in total. The largest absolute Gasteiger partial charge is 0.312 e. The van der Waals surface area contributed by atoms with Crippen LogP contribution in [-0.2, 0) is 6.54 Å². The quantitative estimate of drug-likeness (QED) is 0.863. The lowest BCUT2D eigenvalue weighted by molar-refractivity contribution is 0.342. The molecule has 0 aliphatic heterocycles. The number of pyridine rings is 1. The van der Waals surface area contributed by atoms with Gasteiger partial charge in [0.15, 0.2) is 0 Å². The van der Waals surface area contributed by atoms with E-state index in [9.17, 15) is 0 Å². The molecule has 0 radical (unpaired) electrons. The SMILES string of the molecule is N#Cc1ncccc1CNCC1CCCCC1. The van der Waals surface area contributed by atoms with E-state index >= 15 is 0 Å². The maximum atomic E-state index is 8.93. The summed E-state index contributed by atoms with van der Waals surface area (Å²) < 4.78 is 0. The van der Waals surface area contributed by atoms with Crippen molar-refractivity contribution in [2.75, 3.05) is 6.54 Å². The van der Waals surface area contributed by atoms with E-state index in [2.05, 4.69) is 16.4 Å². The summed E-state index contributed by atoms with van der Waals surface area (Å²) in [5.74, 6) is 0.825. The van der Waals surface area contributed by atoms with Crippen LogP contribution in [0.25, 0.3) is 0 Å². The highest BCUT2D eigenvalue weighted by Gasteiger charge is 2.12. The second-order valence-electron chi connectivity index (χ2n) is 4.76. The zero-order chi connectivity index (χ0) is 11.9. The molecule has 1 aliphatic rings. The Balaban J connectivity index is 1.79. The van der Waals surface area contributed by atoms with Crippen LogP contribution in [0.3, 0.4) is 0 Å². The van der Waals surface area contributed by atoms with Gasteiger partial charge in [0.1, 0.15) is 11.8 Å². The standard InChI is InChI=1S/C14H19N3/c15-9-14-13(7-4-8-17-14)11-16-10-12-5-2-1-3-6-12/h4,7-8,12,16H,1-3,5-6,10-11H2. The zero-order valence-electron chi connectivity index (χ0n) is 10.2. The van der Waals surface area contributed by atoms with Crippen molar-refractivity contribution in [2.24, 2.45) is 5.92 Å². The van der Waals surface area contributed by atoms with E-state index in [4.69, 9.17) is 5.26 Å². The summed E-state index contributed by atoms with van der Waals surface area (Å²) >= 11 is 0. The molecule has 0 aromatic carbocycles. The van der Waals surface area contributed by atoms with E-state index in [0.29, 0.717) is 5.69 Å². The predicted octanol–water partition coefficient (Wildman–Crippen LogP) is 2.62. The van der Waals surface area contributed by atoms with Gasteiger partial charge in [-0.2, -0.15) is 5.26 Å². The fraction of sp³-hybridized carbons (Fsp3) is 0.571. The molecule has 1 aromatic heterocycles. The van der Waals surface area contributed by atoms with E-state index in [1.165, 1.54) is 32.1 Å². The number of nitriles is 1. The van der Waals surface area contributed by atoms with Gasteiger partial charge < -0.3 is 5.32 Å². The molecule has 90 valence electrons. The van der Waals surface area contributed by atoms with Gasteiger partial charge in [-0.3, -0.25) is 0 Å². The number of aromatic nitrogens is 1. The summed E-state index contributed by atoms with van der Waals surface area (Å²) in [7, 11) is 0. The van der Waals surface area contributed by atoms with E-state index in [0.717, 1.165) is 24.6 Å². The van der Waals surface area contributed by atoms with Crippen molar-refractivity contribution in [2.45, 2.75) is 38.6 Å². The van der Waals surface area contributed by atoms with Crippen molar-refractivity contribution in [1.29, 1.82) is 5.26 Å². The number of hydrogen-bond acceptors (Lipinski definition) is 3. The van der Waals surface area contributed by atoms with Crippen molar-refractivity contribution in [3.63, 3.8) is 0 Å². The lowest BCUT2D eigenvalue weighted by Crippen LogP contribution is -2.24. The van der Waals surface area contributed by atoms with Gasteiger partial charge >= 0.3 is 0 Å². The minimum absolute atomic E-state index is 0.545. The molecular weight excluding hydrogens is 210 g/mol. The average Bonchev–Trinajstić information content (AvgIpc) is 2.40. The normalized spacial score (nSPS) is 16.6. The second kappa shape index (κ2) is 6.36. The zero-order valence-corrected chi connectivity index (χ0v) is 10.2. The highest BCUT2D eigenvalue weighted by molar-refractivity contribution is 5.30. The number of nitrogens with zero attached hydrogens (tertiary/aromatic N) is 2. The van der Waals surface area contributed by atoms with Gasteiger partial charge in [-0.15, -0.1) is 0 Å². The van der Waals surface area contributed by atoms with Gasteiger partial charge in [0.2, 0.25) is 0 Å². The lowest BCUT2D eigenvalue weighted by atomic mass is 9.89. The molecule has 3 heteroatoms. The maximum absolute atomic E-state index is 8.93. The molecule has 0 saturated heterocycles. The summed E-state index contributed by atoms with van der Waals surface area (Å²) in [6, 6.07) is 5.99. The molecule has 1 aliphatic carbocycles. The third-order valence-corrected chi connectivity index (χ3v) is 3.47. The molecular formula is C14H19N3. The number of rotatable bonds is 4. The summed E-state index contributed by atoms with van der Waals surface area (Å²) in [5, 5.41) is 12.4. The molecule has 0 spiro atoms. The third kappa shape index (κ3) is 3.54. The Morgan fingerprint density at radius 2 is 2.18 bits per heavy atom. The van der Waals surface area contributed by atoms with Crippen LogP contribution >= 0.6 is 0 Å². The Hall–Kier alpha value is -1.40. The molecule has 0 atom stereocenters. The monoisotopic (exact) mass is 229 g/mol. The molecule has 0 unspecified atom stereocenters. The summed E-state index contributed by atoms with van der Waals surface area (Å²) in [5.41, 5.74) is 1.55. The summed E-state index contributed by atoms with van der Waals surface area (Å²) in [6.45, 7) is 1.83. The minimum atomic E-state index is 0.545. The fourth-order valence-electron chi connectivity index (χ4n) is 2.48. The van der Waals surface area contributed by atoms with E-state index in [-0.39, 0.29) is 0 Å². The van der Waals surface area contributed by atoms with Crippen LogP contribution in [0.2, 0.25) is 0 Å². The Morgan fingerprint density at radius 3 is 2.94 bits per heavy atom. The molecule has 0 amide bonds. The first kappa shape index (κ1) is 12.1. The highest BCUT2D eigenvalue weighted by atomic mass is 14.9. The Labute approximate surface area is 103 Å². The Bertz CT molecular complexity index is 389. The van der Waals surface area contributed by atoms with Crippen LogP contribution in [-0.4, -0.2) is 11.5 Å². The molecule has 1 fully saturated rings. The topological polar surface area (TPSA) is 48.7 Å². The van der Waals surface area contributed by atoms with Crippen LogP contribution in [0.4, 0.5) is 0 Å². The maximum Gasteiger partial charge on any atom is 0.144 e. The van der Waals surface area contributed by atoms with Gasteiger partial charge in [-0.05, 0) is 31.4 Å². The van der Waals surface area contributed by atoms with Crippen molar-refractivity contribution >= 4 is 0 Å². The van der Waals surface area contributed by atoms with Crippen molar-refractivity contribution in [1.82, 2.24) is 10.3 Å². The number of nitrogens with one attached hydrogen (secondary N) is 1. The van der Waals surface area contributed by atoms with Crippen LogP contribution in [0.1, 0.15) is 43.4 Å². The highest BCUT2D eigenvalue weighted by Crippen LogP contribution is 2.22. The summed E-state index contributed by atoms with van der Waals surface area (Å²) in [6.07, 6.45) is 8.53. The van der Waals surface area contributed by atoms with E-state index in [1.807, 2.05) is 12.1 Å². The Kier molecular flexibility index (Phi) is 4.52. The van der Waals surface area contributed by atoms with Crippen LogP contribution < -0.4 is 5.32 Å². The van der Waals surface area contributed by atoms with Crippen LogP contribution in [0.5, 0.6) is 0 Å². The van der Waals surface area contributed by atoms with Crippen LogP contribution in [0, 0.1) is 17.2 Å². The molecule has 1 heterocycles. The molecule has 0 bridgehead atoms. The first-order valence-corrected chi connectivity index (χ1v) is 6.45.